The van der Waals surface area contributed by atoms with E-state index in [4.69, 9.17) is 4.42 Å². The van der Waals surface area contributed by atoms with Gasteiger partial charge < -0.3 is 4.42 Å². The highest BCUT2D eigenvalue weighted by atomic mass is 16.4. The zero-order valence-corrected chi connectivity index (χ0v) is 14.7. The summed E-state index contributed by atoms with van der Waals surface area (Å²) in [4.78, 5) is 2.45. The third kappa shape index (κ3) is 3.35. The second kappa shape index (κ2) is 6.80. The van der Waals surface area contributed by atoms with E-state index in [1.165, 1.54) is 18.4 Å². The normalized spacial score (nSPS) is 19.4. The van der Waals surface area contributed by atoms with E-state index in [2.05, 4.69) is 46.2 Å². The van der Waals surface area contributed by atoms with Crippen LogP contribution in [0.5, 0.6) is 0 Å². The van der Waals surface area contributed by atoms with Gasteiger partial charge >= 0.3 is 0 Å². The number of hydrogen-bond donors (Lipinski definition) is 0. The summed E-state index contributed by atoms with van der Waals surface area (Å²) >= 11 is 0. The van der Waals surface area contributed by atoms with Gasteiger partial charge in [-0.15, -0.1) is 10.2 Å². The van der Waals surface area contributed by atoms with Gasteiger partial charge in [0.05, 0.1) is 12.6 Å². The molecule has 0 N–H and O–H groups in total. The van der Waals surface area contributed by atoms with E-state index in [1.807, 2.05) is 35.3 Å². The zero-order chi connectivity index (χ0) is 17.2. The molecule has 0 aliphatic carbocycles. The molecule has 0 saturated carbocycles. The van der Waals surface area contributed by atoms with Gasteiger partial charge in [0.25, 0.3) is 0 Å². The minimum absolute atomic E-state index is 0.106. The largest absolute Gasteiger partial charge is 0.419 e. The molecule has 6 heteroatoms. The Balaban J connectivity index is 1.50. The Hall–Kier alpha value is -2.47. The summed E-state index contributed by atoms with van der Waals surface area (Å²) < 4.78 is 7.98. The lowest BCUT2D eigenvalue weighted by Crippen LogP contribution is -2.35. The third-order valence-corrected chi connectivity index (χ3v) is 4.97. The highest BCUT2D eigenvalue weighted by Crippen LogP contribution is 2.30. The predicted octanol–water partition coefficient (Wildman–Crippen LogP) is 3.47. The topological polar surface area (TPSA) is 60.0 Å². The lowest BCUT2D eigenvalue weighted by Gasteiger charge is -2.28. The smallest absolute Gasteiger partial charge is 0.247 e. The first-order valence-corrected chi connectivity index (χ1v) is 8.84. The Kier molecular flexibility index (Phi) is 4.36. The van der Waals surface area contributed by atoms with Crippen LogP contribution in [-0.2, 0) is 6.54 Å². The van der Waals surface area contributed by atoms with Gasteiger partial charge in [0.1, 0.15) is 0 Å². The van der Waals surface area contributed by atoms with Crippen molar-refractivity contribution in [3.05, 3.63) is 54.2 Å². The van der Waals surface area contributed by atoms with Gasteiger partial charge in [-0.3, -0.25) is 9.58 Å². The van der Waals surface area contributed by atoms with Crippen LogP contribution in [0, 0.1) is 6.92 Å². The van der Waals surface area contributed by atoms with E-state index >= 15 is 0 Å². The lowest BCUT2D eigenvalue weighted by molar-refractivity contribution is 0.152. The molecule has 1 aliphatic rings. The van der Waals surface area contributed by atoms with Crippen LogP contribution < -0.4 is 0 Å². The highest BCUT2D eigenvalue weighted by Gasteiger charge is 2.32. The van der Waals surface area contributed by atoms with Crippen molar-refractivity contribution in [2.75, 3.05) is 6.54 Å². The quantitative estimate of drug-likeness (QED) is 0.713. The molecule has 3 heterocycles. The molecular weight excluding hydrogens is 314 g/mol. The molecule has 1 aromatic carbocycles. The number of benzene rings is 1. The fourth-order valence-corrected chi connectivity index (χ4v) is 3.55. The molecular formula is C19H23N5O. The summed E-state index contributed by atoms with van der Waals surface area (Å²) in [5.74, 6) is 1.27. The van der Waals surface area contributed by atoms with Gasteiger partial charge in [0.2, 0.25) is 11.8 Å². The van der Waals surface area contributed by atoms with Crippen molar-refractivity contribution in [2.45, 2.75) is 45.3 Å². The summed E-state index contributed by atoms with van der Waals surface area (Å²) in [7, 11) is 0. The Morgan fingerprint density at radius 1 is 1.24 bits per heavy atom. The number of hydrogen-bond acceptors (Lipinski definition) is 5. The van der Waals surface area contributed by atoms with Crippen LogP contribution in [0.2, 0.25) is 0 Å². The summed E-state index contributed by atoms with van der Waals surface area (Å²) in [6, 6.07) is 10.7. The van der Waals surface area contributed by atoms with E-state index < -0.39 is 0 Å². The molecule has 0 bridgehead atoms. The van der Waals surface area contributed by atoms with Crippen molar-refractivity contribution in [3.8, 4) is 11.5 Å². The molecule has 2 aromatic heterocycles. The summed E-state index contributed by atoms with van der Waals surface area (Å²) in [5, 5.41) is 12.9. The first-order chi connectivity index (χ1) is 12.2. The molecule has 3 aromatic rings. The molecule has 130 valence electrons. The number of aryl methyl sites for hydroxylation is 1. The SMILES string of the molecule is Cc1ccc(-c2nnc([C@H](C)N3CCC[C@H]3Cn3cccn3)o2)cc1. The van der Waals surface area contributed by atoms with Crippen LogP contribution in [0.15, 0.2) is 47.1 Å². The molecule has 0 spiro atoms. The van der Waals surface area contributed by atoms with Crippen molar-refractivity contribution in [1.82, 2.24) is 24.9 Å². The Morgan fingerprint density at radius 2 is 2.08 bits per heavy atom. The molecule has 1 fully saturated rings. The average molecular weight is 337 g/mol. The Bertz CT molecular complexity index is 809. The van der Waals surface area contributed by atoms with Crippen LogP contribution in [-0.4, -0.2) is 37.5 Å². The van der Waals surface area contributed by atoms with Gasteiger partial charge in [0, 0.05) is 24.0 Å². The molecule has 0 radical (unpaired) electrons. The number of aromatic nitrogens is 4. The molecule has 25 heavy (non-hydrogen) atoms. The van der Waals surface area contributed by atoms with Crippen molar-refractivity contribution >= 4 is 0 Å². The number of rotatable bonds is 5. The summed E-state index contributed by atoms with van der Waals surface area (Å²) in [6.07, 6.45) is 6.20. The third-order valence-electron chi connectivity index (χ3n) is 4.97. The fraction of sp³-hybridized carbons (Fsp3) is 0.421. The monoisotopic (exact) mass is 337 g/mol. The lowest BCUT2D eigenvalue weighted by atomic mass is 10.1. The molecule has 1 saturated heterocycles. The van der Waals surface area contributed by atoms with Crippen molar-refractivity contribution in [1.29, 1.82) is 0 Å². The van der Waals surface area contributed by atoms with E-state index in [0.29, 0.717) is 17.8 Å². The zero-order valence-electron chi connectivity index (χ0n) is 14.7. The second-order valence-electron chi connectivity index (χ2n) is 6.75. The van der Waals surface area contributed by atoms with Crippen molar-refractivity contribution < 1.29 is 4.42 Å². The average Bonchev–Trinajstić information content (AvgIpc) is 3.37. The van der Waals surface area contributed by atoms with Gasteiger partial charge in [-0.2, -0.15) is 5.10 Å². The van der Waals surface area contributed by atoms with E-state index in [0.717, 1.165) is 18.7 Å². The molecule has 0 amide bonds. The van der Waals surface area contributed by atoms with Crippen LogP contribution in [0.3, 0.4) is 0 Å². The Labute approximate surface area is 147 Å². The predicted molar refractivity (Wildman–Crippen MR) is 94.8 cm³/mol. The maximum atomic E-state index is 5.98. The standard InChI is InChI=1S/C19H23N5O/c1-14-6-8-16(9-7-14)19-22-21-18(25-19)15(2)24-12-3-5-17(24)13-23-11-4-10-20-23/h4,6-11,15,17H,3,5,12-13H2,1-2H3/t15-,17-/m0/s1. The van der Waals surface area contributed by atoms with Gasteiger partial charge in [-0.25, -0.2) is 0 Å². The van der Waals surface area contributed by atoms with Gasteiger partial charge in [0.15, 0.2) is 0 Å². The van der Waals surface area contributed by atoms with E-state index in [9.17, 15) is 0 Å². The Morgan fingerprint density at radius 3 is 2.84 bits per heavy atom. The van der Waals surface area contributed by atoms with Crippen LogP contribution in [0.25, 0.3) is 11.5 Å². The van der Waals surface area contributed by atoms with Crippen LogP contribution >= 0.6 is 0 Å². The number of likely N-dealkylation sites (tertiary alicyclic amines) is 1. The summed E-state index contributed by atoms with van der Waals surface area (Å²) in [5.41, 5.74) is 2.18. The van der Waals surface area contributed by atoms with Gasteiger partial charge in [-0.05, 0) is 51.4 Å². The molecule has 2 atom stereocenters. The first kappa shape index (κ1) is 16.0. The van der Waals surface area contributed by atoms with Crippen molar-refractivity contribution in [3.63, 3.8) is 0 Å². The molecule has 4 rings (SSSR count). The first-order valence-electron chi connectivity index (χ1n) is 8.84. The molecule has 0 unspecified atom stereocenters. The summed E-state index contributed by atoms with van der Waals surface area (Å²) in [6.45, 7) is 6.16. The maximum Gasteiger partial charge on any atom is 0.247 e. The van der Waals surface area contributed by atoms with Crippen LogP contribution in [0.4, 0.5) is 0 Å². The molecule has 1 aliphatic heterocycles. The maximum absolute atomic E-state index is 5.98. The van der Waals surface area contributed by atoms with Crippen LogP contribution in [0.1, 0.15) is 37.3 Å². The molecule has 6 nitrogen and oxygen atoms in total. The minimum Gasteiger partial charge on any atom is -0.419 e. The van der Waals surface area contributed by atoms with E-state index in [1.54, 1.807) is 0 Å². The fourth-order valence-electron chi connectivity index (χ4n) is 3.55. The van der Waals surface area contributed by atoms with Crippen molar-refractivity contribution in [2.24, 2.45) is 0 Å². The highest BCUT2D eigenvalue weighted by molar-refractivity contribution is 5.52. The van der Waals surface area contributed by atoms with Gasteiger partial charge in [-0.1, -0.05) is 17.7 Å². The van der Waals surface area contributed by atoms with E-state index in [-0.39, 0.29) is 6.04 Å². The number of nitrogens with zero attached hydrogens (tertiary/aromatic N) is 5. The second-order valence-corrected chi connectivity index (χ2v) is 6.75. The minimum atomic E-state index is 0.106.